The van der Waals surface area contributed by atoms with E-state index in [1.54, 1.807) is 0 Å². The Labute approximate surface area is 162 Å². The molecule has 0 bridgehead atoms. The summed E-state index contributed by atoms with van der Waals surface area (Å²) >= 11 is 3.61. The largest absolute Gasteiger partial charge is 0.390 e. The summed E-state index contributed by atoms with van der Waals surface area (Å²) in [5.41, 5.74) is 1.03. The van der Waals surface area contributed by atoms with Crippen LogP contribution in [0.3, 0.4) is 0 Å². The maximum atomic E-state index is 14.6. The van der Waals surface area contributed by atoms with E-state index in [9.17, 15) is 9.50 Å². The van der Waals surface area contributed by atoms with E-state index in [1.807, 2.05) is 13.8 Å². The molecule has 0 aromatic heterocycles. The van der Waals surface area contributed by atoms with Crippen molar-refractivity contribution < 1.29 is 9.50 Å². The molecule has 3 heteroatoms. The van der Waals surface area contributed by atoms with Crippen molar-refractivity contribution in [3.05, 3.63) is 12.2 Å². The van der Waals surface area contributed by atoms with Crippen molar-refractivity contribution in [1.82, 2.24) is 0 Å². The monoisotopic (exact) mass is 414 g/mol. The van der Waals surface area contributed by atoms with E-state index in [4.69, 9.17) is 0 Å². The lowest BCUT2D eigenvalue weighted by atomic mass is 9.52. The second kappa shape index (κ2) is 7.26. The molecule has 3 saturated carbocycles. The van der Waals surface area contributed by atoms with Gasteiger partial charge in [-0.15, -0.1) is 0 Å². The van der Waals surface area contributed by atoms with Gasteiger partial charge in [-0.2, -0.15) is 0 Å². The van der Waals surface area contributed by atoms with Crippen LogP contribution in [0.4, 0.5) is 4.39 Å². The molecule has 0 aromatic rings. The van der Waals surface area contributed by atoms with Crippen LogP contribution in [-0.2, 0) is 0 Å². The molecule has 25 heavy (non-hydrogen) atoms. The van der Waals surface area contributed by atoms with Crippen molar-refractivity contribution in [2.75, 3.05) is 5.33 Å². The van der Waals surface area contributed by atoms with Crippen LogP contribution in [0.5, 0.6) is 0 Å². The van der Waals surface area contributed by atoms with Gasteiger partial charge in [0.15, 0.2) is 0 Å². The van der Waals surface area contributed by atoms with Gasteiger partial charge in [-0.3, -0.25) is 0 Å². The van der Waals surface area contributed by atoms with Gasteiger partial charge in [0.05, 0.1) is 5.60 Å². The molecule has 0 saturated heterocycles. The SMILES string of the molecule is C=C(CBr)C1CCC2C3CC(F)CC(CCC(C)(C)O)C3CCC12C. The van der Waals surface area contributed by atoms with Crippen molar-refractivity contribution in [2.45, 2.75) is 83.9 Å². The average molecular weight is 415 g/mol. The van der Waals surface area contributed by atoms with Crippen LogP contribution in [0.2, 0.25) is 0 Å². The van der Waals surface area contributed by atoms with Crippen LogP contribution < -0.4 is 0 Å². The van der Waals surface area contributed by atoms with E-state index in [1.165, 1.54) is 31.3 Å². The predicted molar refractivity (Wildman–Crippen MR) is 107 cm³/mol. The van der Waals surface area contributed by atoms with Crippen molar-refractivity contribution in [1.29, 1.82) is 0 Å². The highest BCUT2D eigenvalue weighted by atomic mass is 79.9. The fourth-order valence-electron chi connectivity index (χ4n) is 6.77. The highest BCUT2D eigenvalue weighted by molar-refractivity contribution is 9.09. The predicted octanol–water partition coefficient (Wildman–Crippen LogP) is 6.30. The van der Waals surface area contributed by atoms with Gasteiger partial charge in [0.2, 0.25) is 0 Å². The molecule has 7 atom stereocenters. The van der Waals surface area contributed by atoms with Crippen LogP contribution in [0.15, 0.2) is 12.2 Å². The van der Waals surface area contributed by atoms with E-state index in [2.05, 4.69) is 29.4 Å². The van der Waals surface area contributed by atoms with Gasteiger partial charge >= 0.3 is 0 Å². The highest BCUT2D eigenvalue weighted by Crippen LogP contribution is 2.64. The van der Waals surface area contributed by atoms with Crippen LogP contribution >= 0.6 is 15.9 Å². The summed E-state index contributed by atoms with van der Waals surface area (Å²) in [6.45, 7) is 10.6. The second-order valence-electron chi connectivity index (χ2n) is 10.1. The van der Waals surface area contributed by atoms with Crippen LogP contribution in [0, 0.1) is 35.0 Å². The average Bonchev–Trinajstić information content (AvgIpc) is 2.88. The molecular formula is C22H36BrFO. The van der Waals surface area contributed by atoms with E-state index >= 15 is 0 Å². The first-order valence-electron chi connectivity index (χ1n) is 10.3. The molecule has 7 unspecified atom stereocenters. The Hall–Kier alpha value is 0.110. The fraction of sp³-hybridized carbons (Fsp3) is 0.909. The third-order valence-electron chi connectivity index (χ3n) is 7.98. The molecule has 3 fully saturated rings. The minimum Gasteiger partial charge on any atom is -0.390 e. The lowest BCUT2D eigenvalue weighted by Crippen LogP contribution is -2.47. The Kier molecular flexibility index (Phi) is 5.77. The van der Waals surface area contributed by atoms with Crippen molar-refractivity contribution >= 4 is 15.9 Å². The summed E-state index contributed by atoms with van der Waals surface area (Å²) in [6, 6.07) is 0. The smallest absolute Gasteiger partial charge is 0.101 e. The van der Waals surface area contributed by atoms with Gasteiger partial charge in [0.1, 0.15) is 6.17 Å². The number of alkyl halides is 2. The summed E-state index contributed by atoms with van der Waals surface area (Å²) in [6.07, 6.45) is 7.62. The van der Waals surface area contributed by atoms with Crippen LogP contribution in [0.1, 0.15) is 72.1 Å². The summed E-state index contributed by atoms with van der Waals surface area (Å²) in [5, 5.41) is 11.0. The van der Waals surface area contributed by atoms with Crippen molar-refractivity contribution in [3.63, 3.8) is 0 Å². The first-order chi connectivity index (χ1) is 11.7. The van der Waals surface area contributed by atoms with Gasteiger partial charge in [-0.1, -0.05) is 35.0 Å². The highest BCUT2D eigenvalue weighted by Gasteiger charge is 2.56. The summed E-state index contributed by atoms with van der Waals surface area (Å²) < 4.78 is 14.6. The third kappa shape index (κ3) is 3.88. The Morgan fingerprint density at radius 2 is 1.96 bits per heavy atom. The lowest BCUT2D eigenvalue weighted by Gasteiger charge is -2.54. The molecule has 0 radical (unpaired) electrons. The maximum absolute atomic E-state index is 14.6. The van der Waals surface area contributed by atoms with Crippen molar-refractivity contribution in [2.24, 2.45) is 35.0 Å². The Morgan fingerprint density at radius 1 is 1.24 bits per heavy atom. The molecule has 0 amide bonds. The minimum atomic E-state index is -0.645. The topological polar surface area (TPSA) is 20.2 Å². The Bertz CT molecular complexity index is 499. The van der Waals surface area contributed by atoms with Crippen LogP contribution in [-0.4, -0.2) is 22.2 Å². The number of fused-ring (bicyclic) bond motifs is 3. The van der Waals surface area contributed by atoms with E-state index in [-0.39, 0.29) is 0 Å². The van der Waals surface area contributed by atoms with Crippen LogP contribution in [0.25, 0.3) is 0 Å². The van der Waals surface area contributed by atoms with E-state index in [0.717, 1.165) is 31.0 Å². The number of allylic oxidation sites excluding steroid dienone is 1. The standard InChI is InChI=1S/C22H36BrFO/c1-14(13-23)19-5-6-20-18-12-16(24)11-15(7-9-21(2,3)25)17(18)8-10-22(19,20)4/h15-20,25H,1,5-13H2,2-4H3. The Morgan fingerprint density at radius 3 is 2.60 bits per heavy atom. The number of aliphatic hydroxyl groups is 1. The van der Waals surface area contributed by atoms with Gasteiger partial charge in [0.25, 0.3) is 0 Å². The minimum absolute atomic E-state index is 0.323. The number of halogens is 2. The van der Waals surface area contributed by atoms with Gasteiger partial charge < -0.3 is 5.11 Å². The zero-order chi connectivity index (χ0) is 18.4. The maximum Gasteiger partial charge on any atom is 0.101 e. The normalized spacial score (nSPS) is 44.2. The molecule has 0 aliphatic heterocycles. The zero-order valence-corrected chi connectivity index (χ0v) is 17.8. The first-order valence-corrected chi connectivity index (χ1v) is 11.4. The lowest BCUT2D eigenvalue weighted by molar-refractivity contribution is -0.0559. The molecule has 3 aliphatic rings. The molecule has 3 rings (SSSR count). The summed E-state index contributed by atoms with van der Waals surface area (Å²) in [5.74, 6) is 2.94. The summed E-state index contributed by atoms with van der Waals surface area (Å²) in [4.78, 5) is 0. The van der Waals surface area contributed by atoms with Crippen molar-refractivity contribution in [3.8, 4) is 0 Å². The first kappa shape index (κ1) is 19.9. The molecule has 144 valence electrons. The van der Waals surface area contributed by atoms with Gasteiger partial charge in [-0.25, -0.2) is 4.39 Å². The molecular weight excluding hydrogens is 379 g/mol. The quantitative estimate of drug-likeness (QED) is 0.413. The van der Waals surface area contributed by atoms with E-state index < -0.39 is 11.8 Å². The van der Waals surface area contributed by atoms with E-state index in [0.29, 0.717) is 35.0 Å². The molecule has 1 N–H and O–H groups in total. The molecule has 0 aromatic carbocycles. The molecule has 0 spiro atoms. The summed E-state index contributed by atoms with van der Waals surface area (Å²) in [7, 11) is 0. The second-order valence-corrected chi connectivity index (χ2v) is 10.6. The Balaban J connectivity index is 1.77. The fourth-order valence-corrected chi connectivity index (χ4v) is 7.16. The zero-order valence-electron chi connectivity index (χ0n) is 16.2. The number of hydrogen-bond acceptors (Lipinski definition) is 1. The molecule has 3 aliphatic carbocycles. The third-order valence-corrected chi connectivity index (χ3v) is 8.70. The number of rotatable bonds is 5. The van der Waals surface area contributed by atoms with Gasteiger partial charge in [-0.05, 0) is 100 Å². The van der Waals surface area contributed by atoms with Gasteiger partial charge in [0, 0.05) is 5.33 Å². The molecule has 0 heterocycles. The number of hydrogen-bond donors (Lipinski definition) is 1. The molecule has 1 nitrogen and oxygen atoms in total.